The van der Waals surface area contributed by atoms with Crippen molar-refractivity contribution in [1.82, 2.24) is 0 Å². The lowest BCUT2D eigenvalue weighted by Crippen LogP contribution is -2.32. The van der Waals surface area contributed by atoms with Crippen LogP contribution in [0.25, 0.3) is 0 Å². The molecule has 6 heteroatoms. The number of benzene rings is 1. The van der Waals surface area contributed by atoms with Gasteiger partial charge in [-0.3, -0.25) is 4.79 Å². The van der Waals surface area contributed by atoms with E-state index in [4.69, 9.17) is 16.3 Å². The fourth-order valence-corrected chi connectivity index (χ4v) is 4.33. The molecule has 0 bridgehead atoms. The molecular formula is C13H15ClO4S. The molecular weight excluding hydrogens is 288 g/mol. The van der Waals surface area contributed by atoms with E-state index >= 15 is 0 Å². The van der Waals surface area contributed by atoms with Gasteiger partial charge in [-0.05, 0) is 25.5 Å². The Balaban J connectivity index is 2.17. The Labute approximate surface area is 117 Å². The van der Waals surface area contributed by atoms with Crippen LogP contribution in [0.4, 0.5) is 0 Å². The van der Waals surface area contributed by atoms with Gasteiger partial charge in [0.25, 0.3) is 0 Å². The summed E-state index contributed by atoms with van der Waals surface area (Å²) in [5.74, 6) is -0.987. The summed E-state index contributed by atoms with van der Waals surface area (Å²) in [4.78, 5) is 12.0. The minimum atomic E-state index is -3.51. The van der Waals surface area contributed by atoms with Crippen LogP contribution >= 0.6 is 11.6 Å². The predicted molar refractivity (Wildman–Crippen MR) is 73.4 cm³/mol. The molecule has 0 amide bonds. The molecule has 0 radical (unpaired) electrons. The Morgan fingerprint density at radius 2 is 2.11 bits per heavy atom. The van der Waals surface area contributed by atoms with Gasteiger partial charge in [0, 0.05) is 12.2 Å². The van der Waals surface area contributed by atoms with Gasteiger partial charge in [-0.15, -0.1) is 0 Å². The molecule has 4 nitrogen and oxygen atoms in total. The molecule has 1 aliphatic heterocycles. The van der Waals surface area contributed by atoms with Crippen molar-refractivity contribution in [2.75, 3.05) is 12.4 Å². The second-order valence-corrected chi connectivity index (χ2v) is 7.24. The summed E-state index contributed by atoms with van der Waals surface area (Å²) in [7, 11) is -3.51. The van der Waals surface area contributed by atoms with Crippen molar-refractivity contribution in [3.63, 3.8) is 0 Å². The SMILES string of the molecule is CC1OCCC1S(=O)(=O)CC(=O)c1ccccc1Cl. The molecule has 2 rings (SSSR count). The van der Waals surface area contributed by atoms with Crippen molar-refractivity contribution in [2.24, 2.45) is 0 Å². The number of sulfone groups is 1. The molecule has 19 heavy (non-hydrogen) atoms. The topological polar surface area (TPSA) is 60.4 Å². The van der Waals surface area contributed by atoms with Crippen LogP contribution < -0.4 is 0 Å². The van der Waals surface area contributed by atoms with E-state index in [1.807, 2.05) is 0 Å². The van der Waals surface area contributed by atoms with Crippen molar-refractivity contribution >= 4 is 27.2 Å². The maximum absolute atomic E-state index is 12.2. The number of rotatable bonds is 4. The van der Waals surface area contributed by atoms with E-state index in [9.17, 15) is 13.2 Å². The average Bonchev–Trinajstić information content (AvgIpc) is 2.76. The number of carbonyl (C=O) groups is 1. The molecule has 2 atom stereocenters. The van der Waals surface area contributed by atoms with Crippen LogP contribution in [0.2, 0.25) is 5.02 Å². The largest absolute Gasteiger partial charge is 0.377 e. The standard InChI is InChI=1S/C13H15ClO4S/c1-9-13(6-7-18-9)19(16,17)8-12(15)10-4-2-3-5-11(10)14/h2-5,9,13H,6-8H2,1H3. The molecule has 0 spiro atoms. The van der Waals surface area contributed by atoms with E-state index in [1.165, 1.54) is 6.07 Å². The second-order valence-electron chi connectivity index (χ2n) is 4.61. The molecule has 0 saturated carbocycles. The van der Waals surface area contributed by atoms with Crippen molar-refractivity contribution < 1.29 is 17.9 Å². The van der Waals surface area contributed by atoms with Gasteiger partial charge >= 0.3 is 0 Å². The maximum atomic E-state index is 12.2. The zero-order valence-electron chi connectivity index (χ0n) is 10.5. The Morgan fingerprint density at radius 3 is 2.68 bits per heavy atom. The lowest BCUT2D eigenvalue weighted by molar-refractivity contribution is 0.102. The van der Waals surface area contributed by atoms with Gasteiger partial charge in [0.15, 0.2) is 15.6 Å². The van der Waals surface area contributed by atoms with Crippen LogP contribution in [-0.2, 0) is 14.6 Å². The van der Waals surface area contributed by atoms with Crippen molar-refractivity contribution in [3.8, 4) is 0 Å². The smallest absolute Gasteiger partial charge is 0.179 e. The first-order valence-electron chi connectivity index (χ1n) is 6.03. The van der Waals surface area contributed by atoms with Crippen molar-refractivity contribution in [3.05, 3.63) is 34.9 Å². The number of Topliss-reactive ketones (excluding diaryl/α,β-unsaturated/α-hetero) is 1. The molecule has 104 valence electrons. The number of hydrogen-bond acceptors (Lipinski definition) is 4. The summed E-state index contributed by atoms with van der Waals surface area (Å²) in [5.41, 5.74) is 0.249. The third kappa shape index (κ3) is 3.16. The zero-order valence-corrected chi connectivity index (χ0v) is 12.1. The van der Waals surface area contributed by atoms with Gasteiger partial charge < -0.3 is 4.74 Å². The maximum Gasteiger partial charge on any atom is 0.179 e. The summed E-state index contributed by atoms with van der Waals surface area (Å²) in [6.45, 7) is 2.14. The molecule has 1 fully saturated rings. The molecule has 1 aromatic carbocycles. The summed E-state index contributed by atoms with van der Waals surface area (Å²) in [6, 6.07) is 6.46. The number of hydrogen-bond donors (Lipinski definition) is 0. The second kappa shape index (κ2) is 5.61. The minimum absolute atomic E-state index is 0.249. The molecule has 1 aliphatic rings. The molecule has 1 heterocycles. The Hall–Kier alpha value is -0.910. The lowest BCUT2D eigenvalue weighted by Gasteiger charge is -2.14. The molecule has 1 saturated heterocycles. The lowest BCUT2D eigenvalue weighted by atomic mass is 10.1. The van der Waals surface area contributed by atoms with Crippen LogP contribution in [-0.4, -0.2) is 37.9 Å². The number of carbonyl (C=O) groups excluding carboxylic acids is 1. The van der Waals surface area contributed by atoms with Gasteiger partial charge in [-0.1, -0.05) is 23.7 Å². The van der Waals surface area contributed by atoms with Gasteiger partial charge in [0.05, 0.1) is 16.4 Å². The highest BCUT2D eigenvalue weighted by atomic mass is 35.5. The summed E-state index contributed by atoms with van der Waals surface area (Å²) < 4.78 is 29.6. The molecule has 2 unspecified atom stereocenters. The molecule has 0 N–H and O–H groups in total. The van der Waals surface area contributed by atoms with Gasteiger partial charge in [-0.25, -0.2) is 8.42 Å². The number of halogens is 1. The van der Waals surface area contributed by atoms with Gasteiger partial charge in [0.2, 0.25) is 0 Å². The molecule has 0 aromatic heterocycles. The average molecular weight is 303 g/mol. The zero-order chi connectivity index (χ0) is 14.0. The summed E-state index contributed by atoms with van der Waals surface area (Å²) in [5, 5.41) is -0.322. The first kappa shape index (κ1) is 14.5. The molecule has 0 aliphatic carbocycles. The summed E-state index contributed by atoms with van der Waals surface area (Å²) in [6.07, 6.45) is 0.0864. The fourth-order valence-electron chi connectivity index (χ4n) is 2.24. The third-order valence-electron chi connectivity index (χ3n) is 3.27. The third-order valence-corrected chi connectivity index (χ3v) is 5.81. The van der Waals surface area contributed by atoms with Crippen LogP contribution in [0.15, 0.2) is 24.3 Å². The normalized spacial score (nSPS) is 23.5. The Morgan fingerprint density at radius 1 is 1.42 bits per heavy atom. The van der Waals surface area contributed by atoms with E-state index < -0.39 is 26.6 Å². The van der Waals surface area contributed by atoms with Crippen LogP contribution in [0.3, 0.4) is 0 Å². The fraction of sp³-hybridized carbons (Fsp3) is 0.462. The highest BCUT2D eigenvalue weighted by Crippen LogP contribution is 2.23. The van der Waals surface area contributed by atoms with Crippen LogP contribution in [0.5, 0.6) is 0 Å². The van der Waals surface area contributed by atoms with Gasteiger partial charge in [0.1, 0.15) is 5.75 Å². The predicted octanol–water partition coefficient (Wildman–Crippen LogP) is 2.11. The Bertz CT molecular complexity index is 582. The highest BCUT2D eigenvalue weighted by Gasteiger charge is 2.37. The Kier molecular flexibility index (Phi) is 4.28. The monoisotopic (exact) mass is 302 g/mol. The van der Waals surface area contributed by atoms with Crippen LogP contribution in [0.1, 0.15) is 23.7 Å². The van der Waals surface area contributed by atoms with Crippen molar-refractivity contribution in [1.29, 1.82) is 0 Å². The number of ketones is 1. The molecule has 1 aromatic rings. The first-order chi connectivity index (χ1) is 8.92. The van der Waals surface area contributed by atoms with Crippen molar-refractivity contribution in [2.45, 2.75) is 24.7 Å². The van der Waals surface area contributed by atoms with E-state index in [0.29, 0.717) is 13.0 Å². The van der Waals surface area contributed by atoms with Gasteiger partial charge in [-0.2, -0.15) is 0 Å². The number of ether oxygens (including phenoxy) is 1. The minimum Gasteiger partial charge on any atom is -0.377 e. The van der Waals surface area contributed by atoms with E-state index in [0.717, 1.165) is 0 Å². The van der Waals surface area contributed by atoms with E-state index in [-0.39, 0.29) is 16.7 Å². The summed E-state index contributed by atoms with van der Waals surface area (Å²) >= 11 is 5.90. The van der Waals surface area contributed by atoms with E-state index in [1.54, 1.807) is 25.1 Å². The van der Waals surface area contributed by atoms with Crippen LogP contribution in [0, 0.1) is 0 Å². The highest BCUT2D eigenvalue weighted by molar-refractivity contribution is 7.92. The van der Waals surface area contributed by atoms with E-state index in [2.05, 4.69) is 0 Å². The quantitative estimate of drug-likeness (QED) is 0.799. The first-order valence-corrected chi connectivity index (χ1v) is 8.12.